The zero-order chi connectivity index (χ0) is 24.4. The van der Waals surface area contributed by atoms with Gasteiger partial charge in [-0.05, 0) is 43.2 Å². The van der Waals surface area contributed by atoms with Crippen LogP contribution in [-0.2, 0) is 16.1 Å². The quantitative estimate of drug-likeness (QED) is 0.511. The van der Waals surface area contributed by atoms with E-state index < -0.39 is 17.6 Å². The zero-order valence-electron chi connectivity index (χ0n) is 19.4. The number of hydrogen-bond donors (Lipinski definition) is 1. The van der Waals surface area contributed by atoms with Crippen molar-refractivity contribution in [3.63, 3.8) is 0 Å². The van der Waals surface area contributed by atoms with Gasteiger partial charge in [0.2, 0.25) is 0 Å². The molecule has 7 heteroatoms. The maximum atomic E-state index is 14.3. The Hall–Kier alpha value is -4.13. The molecule has 0 aromatic heterocycles. The molecule has 34 heavy (non-hydrogen) atoms. The number of methoxy groups -OCH3 is 2. The van der Waals surface area contributed by atoms with Crippen LogP contribution in [0.15, 0.2) is 66.4 Å². The first-order chi connectivity index (χ1) is 16.3. The number of carbonyl (C=O) groups is 2. The summed E-state index contributed by atoms with van der Waals surface area (Å²) < 4.78 is 25.0. The Balaban J connectivity index is 1.81. The number of amides is 2. The lowest BCUT2D eigenvalue weighted by Crippen LogP contribution is -2.32. The Bertz CT molecular complexity index is 1320. The molecule has 3 aromatic carbocycles. The van der Waals surface area contributed by atoms with Crippen LogP contribution in [0.1, 0.15) is 22.3 Å². The lowest BCUT2D eigenvalue weighted by atomic mass is 9.97. The maximum absolute atomic E-state index is 14.3. The molecule has 0 bridgehead atoms. The molecule has 0 aliphatic carbocycles. The molecule has 174 valence electrons. The molecule has 0 unspecified atom stereocenters. The number of imide groups is 1. The highest BCUT2D eigenvalue weighted by Crippen LogP contribution is 2.36. The topological polar surface area (TPSA) is 67.9 Å². The van der Waals surface area contributed by atoms with Crippen molar-refractivity contribution < 1.29 is 23.5 Å². The van der Waals surface area contributed by atoms with Gasteiger partial charge in [-0.3, -0.25) is 14.5 Å². The standard InChI is InChI=1S/C27H25FN2O4/c1-16-9-11-20(17(2)13-16)24-25(29-22-12-10-19(33-3)14-23(22)34-4)27(32)30(26(24)31)15-18-7-5-6-8-21(18)28/h5-14,29H,15H2,1-4H3. The third kappa shape index (κ3) is 4.24. The molecule has 6 nitrogen and oxygen atoms in total. The molecule has 0 spiro atoms. The first-order valence-corrected chi connectivity index (χ1v) is 10.7. The van der Waals surface area contributed by atoms with Gasteiger partial charge in [0, 0.05) is 11.6 Å². The first-order valence-electron chi connectivity index (χ1n) is 10.7. The van der Waals surface area contributed by atoms with Crippen LogP contribution in [-0.4, -0.2) is 30.9 Å². The van der Waals surface area contributed by atoms with Gasteiger partial charge in [-0.25, -0.2) is 4.39 Å². The summed E-state index contributed by atoms with van der Waals surface area (Å²) in [5.41, 5.74) is 3.61. The van der Waals surface area contributed by atoms with E-state index in [-0.39, 0.29) is 23.4 Å². The van der Waals surface area contributed by atoms with Crippen molar-refractivity contribution in [2.75, 3.05) is 19.5 Å². The fraction of sp³-hybridized carbons (Fsp3) is 0.185. The van der Waals surface area contributed by atoms with Crippen molar-refractivity contribution >= 4 is 23.1 Å². The molecule has 1 N–H and O–H groups in total. The number of rotatable bonds is 7. The summed E-state index contributed by atoms with van der Waals surface area (Å²) in [6.45, 7) is 3.67. The van der Waals surface area contributed by atoms with Gasteiger partial charge < -0.3 is 14.8 Å². The number of benzene rings is 3. The Morgan fingerprint density at radius 1 is 0.912 bits per heavy atom. The Labute approximate surface area is 197 Å². The zero-order valence-corrected chi connectivity index (χ0v) is 19.4. The van der Waals surface area contributed by atoms with Crippen molar-refractivity contribution in [1.29, 1.82) is 0 Å². The molecule has 0 atom stereocenters. The number of hydrogen-bond acceptors (Lipinski definition) is 5. The fourth-order valence-corrected chi connectivity index (χ4v) is 4.01. The van der Waals surface area contributed by atoms with E-state index in [0.717, 1.165) is 16.0 Å². The Kier molecular flexibility index (Phi) is 6.36. The van der Waals surface area contributed by atoms with Crippen molar-refractivity contribution in [3.05, 3.63) is 94.4 Å². The van der Waals surface area contributed by atoms with Gasteiger partial charge in [0.15, 0.2) is 0 Å². The van der Waals surface area contributed by atoms with Crippen molar-refractivity contribution in [3.8, 4) is 11.5 Å². The van der Waals surface area contributed by atoms with Crippen LogP contribution in [0.4, 0.5) is 10.1 Å². The van der Waals surface area contributed by atoms with Gasteiger partial charge in [0.1, 0.15) is 23.0 Å². The number of nitrogens with zero attached hydrogens (tertiary/aromatic N) is 1. The van der Waals surface area contributed by atoms with Crippen molar-refractivity contribution in [1.82, 2.24) is 4.90 Å². The van der Waals surface area contributed by atoms with E-state index in [0.29, 0.717) is 22.7 Å². The molecule has 0 saturated heterocycles. The average molecular weight is 461 g/mol. The van der Waals surface area contributed by atoms with E-state index in [1.165, 1.54) is 13.2 Å². The van der Waals surface area contributed by atoms with E-state index in [2.05, 4.69) is 5.32 Å². The van der Waals surface area contributed by atoms with E-state index in [4.69, 9.17) is 9.47 Å². The highest BCUT2D eigenvalue weighted by atomic mass is 19.1. The summed E-state index contributed by atoms with van der Waals surface area (Å²) >= 11 is 0. The second-order valence-electron chi connectivity index (χ2n) is 8.05. The van der Waals surface area contributed by atoms with Crippen LogP contribution >= 0.6 is 0 Å². The fourth-order valence-electron chi connectivity index (χ4n) is 4.01. The molecule has 1 aliphatic rings. The molecule has 0 radical (unpaired) electrons. The molecule has 4 rings (SSSR count). The highest BCUT2D eigenvalue weighted by Gasteiger charge is 2.40. The molecular formula is C27H25FN2O4. The number of carbonyl (C=O) groups excluding carboxylic acids is 2. The van der Waals surface area contributed by atoms with E-state index in [1.54, 1.807) is 43.5 Å². The molecule has 3 aromatic rings. The monoisotopic (exact) mass is 460 g/mol. The minimum Gasteiger partial charge on any atom is -0.497 e. The second kappa shape index (κ2) is 9.39. The van der Waals surface area contributed by atoms with Crippen LogP contribution in [0.5, 0.6) is 11.5 Å². The summed E-state index contributed by atoms with van der Waals surface area (Å²) in [4.78, 5) is 28.1. The normalized spacial score (nSPS) is 13.5. The molecule has 0 fully saturated rings. The summed E-state index contributed by atoms with van der Waals surface area (Å²) in [7, 11) is 3.05. The molecule has 1 heterocycles. The minimum atomic E-state index is -0.541. The van der Waals surface area contributed by atoms with Crippen LogP contribution in [0.3, 0.4) is 0 Å². The van der Waals surface area contributed by atoms with Crippen molar-refractivity contribution in [2.45, 2.75) is 20.4 Å². The number of ether oxygens (including phenoxy) is 2. The van der Waals surface area contributed by atoms with Crippen LogP contribution in [0.2, 0.25) is 0 Å². The number of anilines is 1. The predicted molar refractivity (Wildman–Crippen MR) is 128 cm³/mol. The summed E-state index contributed by atoms with van der Waals surface area (Å²) in [5, 5.41) is 3.11. The smallest absolute Gasteiger partial charge is 0.278 e. The van der Waals surface area contributed by atoms with Crippen molar-refractivity contribution in [2.24, 2.45) is 0 Å². The van der Waals surface area contributed by atoms with Crippen LogP contribution in [0.25, 0.3) is 5.57 Å². The van der Waals surface area contributed by atoms with Gasteiger partial charge in [0.05, 0.1) is 32.0 Å². The SMILES string of the molecule is COc1ccc(NC2=C(c3ccc(C)cc3C)C(=O)N(Cc3ccccc3F)C2=O)c(OC)c1. The van der Waals surface area contributed by atoms with Crippen LogP contribution in [0, 0.1) is 19.7 Å². The summed E-state index contributed by atoms with van der Waals surface area (Å²) in [6.07, 6.45) is 0. The van der Waals surface area contributed by atoms with E-state index >= 15 is 0 Å². The van der Waals surface area contributed by atoms with Gasteiger partial charge in [-0.2, -0.15) is 0 Å². The maximum Gasteiger partial charge on any atom is 0.278 e. The third-order valence-corrected chi connectivity index (χ3v) is 5.77. The van der Waals surface area contributed by atoms with Gasteiger partial charge >= 0.3 is 0 Å². The number of halogens is 1. The molecule has 2 amide bonds. The summed E-state index contributed by atoms with van der Waals surface area (Å²) in [5.74, 6) is -0.480. The minimum absolute atomic E-state index is 0.108. The largest absolute Gasteiger partial charge is 0.497 e. The van der Waals surface area contributed by atoms with Crippen LogP contribution < -0.4 is 14.8 Å². The highest BCUT2D eigenvalue weighted by molar-refractivity contribution is 6.36. The summed E-state index contributed by atoms with van der Waals surface area (Å²) in [6, 6.07) is 16.9. The second-order valence-corrected chi connectivity index (χ2v) is 8.05. The van der Waals surface area contributed by atoms with Gasteiger partial charge in [-0.15, -0.1) is 0 Å². The van der Waals surface area contributed by atoms with E-state index in [1.807, 2.05) is 32.0 Å². The Morgan fingerprint density at radius 2 is 1.68 bits per heavy atom. The Morgan fingerprint density at radius 3 is 2.35 bits per heavy atom. The average Bonchev–Trinajstić information content (AvgIpc) is 3.05. The predicted octanol–water partition coefficient (Wildman–Crippen LogP) is 4.85. The number of nitrogens with one attached hydrogen (secondary N) is 1. The first kappa shape index (κ1) is 23.0. The number of aryl methyl sites for hydroxylation is 2. The van der Waals surface area contributed by atoms with Gasteiger partial charge in [0.25, 0.3) is 11.8 Å². The lowest BCUT2D eigenvalue weighted by molar-refractivity contribution is -0.137. The molecular weight excluding hydrogens is 435 g/mol. The molecule has 0 saturated carbocycles. The molecule has 1 aliphatic heterocycles. The van der Waals surface area contributed by atoms with E-state index in [9.17, 15) is 14.0 Å². The van der Waals surface area contributed by atoms with Gasteiger partial charge in [-0.1, -0.05) is 42.0 Å². The third-order valence-electron chi connectivity index (χ3n) is 5.77. The lowest BCUT2D eigenvalue weighted by Gasteiger charge is -2.16.